The highest BCUT2D eigenvalue weighted by molar-refractivity contribution is 6.33. The maximum absolute atomic E-state index is 12.6. The largest absolute Gasteiger partial charge is 0.326 e. The zero-order valence-corrected chi connectivity index (χ0v) is 17.3. The number of fused-ring (bicyclic) bond motifs is 1. The molecule has 1 aromatic carbocycles. The van der Waals surface area contributed by atoms with Gasteiger partial charge in [-0.3, -0.25) is 19.7 Å². The third-order valence-corrected chi connectivity index (χ3v) is 5.60. The second-order valence-electron chi connectivity index (χ2n) is 7.31. The molecule has 150 valence electrons. The van der Waals surface area contributed by atoms with Crippen LogP contribution >= 0.6 is 23.2 Å². The molecule has 1 aliphatic rings. The smallest absolute Gasteiger partial charge is 0.270 e. The van der Waals surface area contributed by atoms with E-state index >= 15 is 0 Å². The minimum Gasteiger partial charge on any atom is -0.326 e. The van der Waals surface area contributed by atoms with E-state index in [0.29, 0.717) is 5.56 Å². The Labute approximate surface area is 178 Å². The summed E-state index contributed by atoms with van der Waals surface area (Å²) in [6, 6.07) is 10.5. The molecule has 1 aliphatic carbocycles. The average Bonchev–Trinajstić information content (AvgIpc) is 3.29. The van der Waals surface area contributed by atoms with Crippen LogP contribution in [0.2, 0.25) is 10.3 Å². The number of halogens is 2. The van der Waals surface area contributed by atoms with Crippen LogP contribution in [0.4, 0.5) is 5.69 Å². The third kappa shape index (κ3) is 4.23. The van der Waals surface area contributed by atoms with Crippen LogP contribution in [0.5, 0.6) is 0 Å². The van der Waals surface area contributed by atoms with Gasteiger partial charge in [0.25, 0.3) is 5.91 Å². The lowest BCUT2D eigenvalue weighted by atomic mass is 10.1. The number of hydrogen-bond acceptors (Lipinski definition) is 3. The maximum Gasteiger partial charge on any atom is 0.270 e. The summed E-state index contributed by atoms with van der Waals surface area (Å²) in [4.78, 5) is 28.9. The molecule has 4 rings (SSSR count). The molecule has 0 saturated heterocycles. The van der Waals surface area contributed by atoms with Crippen molar-refractivity contribution in [3.05, 3.63) is 58.0 Å². The van der Waals surface area contributed by atoms with Crippen LogP contribution in [0.1, 0.15) is 41.7 Å². The Balaban J connectivity index is 1.56. The second-order valence-corrected chi connectivity index (χ2v) is 8.08. The Morgan fingerprint density at radius 3 is 2.45 bits per heavy atom. The number of benzene rings is 1. The van der Waals surface area contributed by atoms with Crippen LogP contribution in [0.25, 0.3) is 10.9 Å². The van der Waals surface area contributed by atoms with Gasteiger partial charge in [0.05, 0.1) is 5.52 Å². The molecule has 1 fully saturated rings. The van der Waals surface area contributed by atoms with Gasteiger partial charge in [-0.2, -0.15) is 0 Å². The number of aromatic nitrogens is 2. The van der Waals surface area contributed by atoms with Crippen LogP contribution in [0.15, 0.2) is 36.4 Å². The predicted molar refractivity (Wildman–Crippen MR) is 115 cm³/mol. The van der Waals surface area contributed by atoms with Crippen molar-refractivity contribution < 1.29 is 9.59 Å². The molecule has 0 atom stereocenters. The number of nitrogens with zero attached hydrogens (tertiary/aromatic N) is 2. The average molecular weight is 431 g/mol. The Hall–Kier alpha value is -2.57. The van der Waals surface area contributed by atoms with E-state index in [1.165, 1.54) is 12.1 Å². The SMILES string of the molecule is Cc1cc2cc(NC(=O)C3CCCC3)ccc2n1NC(=O)c1cc(Cl)nc(Cl)c1. The first-order valence-electron chi connectivity index (χ1n) is 9.48. The molecule has 0 spiro atoms. The summed E-state index contributed by atoms with van der Waals surface area (Å²) < 4.78 is 1.70. The molecule has 1 saturated carbocycles. The summed E-state index contributed by atoms with van der Waals surface area (Å²) in [7, 11) is 0. The van der Waals surface area contributed by atoms with E-state index in [-0.39, 0.29) is 28.0 Å². The number of carbonyl (C=O) groups is 2. The van der Waals surface area contributed by atoms with Crippen molar-refractivity contribution in [1.29, 1.82) is 0 Å². The molecule has 0 unspecified atom stereocenters. The van der Waals surface area contributed by atoms with Gasteiger partial charge in [0.2, 0.25) is 5.91 Å². The molecule has 0 bridgehead atoms. The summed E-state index contributed by atoms with van der Waals surface area (Å²) >= 11 is 11.8. The predicted octanol–water partition coefficient (Wildman–Crippen LogP) is 5.16. The van der Waals surface area contributed by atoms with E-state index in [1.54, 1.807) is 4.68 Å². The molecule has 8 heteroatoms. The first-order valence-corrected chi connectivity index (χ1v) is 10.2. The fraction of sp³-hybridized carbons (Fsp3) is 0.286. The molecule has 2 N–H and O–H groups in total. The van der Waals surface area contributed by atoms with Crippen molar-refractivity contribution in [2.75, 3.05) is 10.7 Å². The second kappa shape index (κ2) is 8.05. The topological polar surface area (TPSA) is 76.0 Å². The van der Waals surface area contributed by atoms with E-state index in [1.807, 2.05) is 31.2 Å². The minimum absolute atomic E-state index is 0.0813. The van der Waals surface area contributed by atoms with E-state index in [0.717, 1.165) is 48.0 Å². The van der Waals surface area contributed by atoms with Gasteiger partial charge >= 0.3 is 0 Å². The van der Waals surface area contributed by atoms with Crippen molar-refractivity contribution in [1.82, 2.24) is 9.66 Å². The lowest BCUT2D eigenvalue weighted by molar-refractivity contribution is -0.119. The van der Waals surface area contributed by atoms with Gasteiger partial charge in [-0.1, -0.05) is 36.0 Å². The standard InChI is InChI=1S/C21H20Cl2N4O2/c1-12-8-14-9-16(24-20(28)13-4-2-3-5-13)6-7-17(14)27(12)26-21(29)15-10-18(22)25-19(23)11-15/h6-11,13H,2-5H2,1H3,(H,24,28)(H,26,29). The first-order chi connectivity index (χ1) is 13.9. The fourth-order valence-electron chi connectivity index (χ4n) is 3.77. The normalized spacial score (nSPS) is 14.3. The summed E-state index contributed by atoms with van der Waals surface area (Å²) in [5.41, 5.74) is 5.59. The number of anilines is 1. The molecule has 2 amide bonds. The van der Waals surface area contributed by atoms with Gasteiger partial charge in [0.1, 0.15) is 10.3 Å². The van der Waals surface area contributed by atoms with Crippen molar-refractivity contribution in [3.8, 4) is 0 Å². The van der Waals surface area contributed by atoms with Crippen molar-refractivity contribution in [3.63, 3.8) is 0 Å². The minimum atomic E-state index is -0.351. The Bertz CT molecular complexity index is 1080. The number of aryl methyl sites for hydroxylation is 1. The molecule has 2 aromatic heterocycles. The van der Waals surface area contributed by atoms with Gasteiger partial charge in [-0.15, -0.1) is 0 Å². The molecule has 0 radical (unpaired) electrons. The van der Waals surface area contributed by atoms with E-state index in [2.05, 4.69) is 15.7 Å². The molecular weight excluding hydrogens is 411 g/mol. The van der Waals surface area contributed by atoms with Crippen LogP contribution < -0.4 is 10.7 Å². The summed E-state index contributed by atoms with van der Waals surface area (Å²) in [5, 5.41) is 4.23. The zero-order valence-electron chi connectivity index (χ0n) is 15.8. The fourth-order valence-corrected chi connectivity index (χ4v) is 4.23. The number of pyridine rings is 1. The lowest BCUT2D eigenvalue weighted by Crippen LogP contribution is -2.23. The maximum atomic E-state index is 12.6. The van der Waals surface area contributed by atoms with Crippen LogP contribution in [-0.4, -0.2) is 21.5 Å². The van der Waals surface area contributed by atoms with E-state index in [4.69, 9.17) is 23.2 Å². The monoisotopic (exact) mass is 430 g/mol. The molecule has 3 aromatic rings. The van der Waals surface area contributed by atoms with Crippen molar-refractivity contribution >= 4 is 51.6 Å². The lowest BCUT2D eigenvalue weighted by Gasteiger charge is -2.12. The van der Waals surface area contributed by atoms with Crippen LogP contribution in [-0.2, 0) is 4.79 Å². The number of hydrogen-bond donors (Lipinski definition) is 2. The highest BCUT2D eigenvalue weighted by Gasteiger charge is 2.22. The highest BCUT2D eigenvalue weighted by atomic mass is 35.5. The van der Waals surface area contributed by atoms with Gasteiger partial charge in [-0.25, -0.2) is 4.98 Å². The van der Waals surface area contributed by atoms with Crippen molar-refractivity contribution in [2.24, 2.45) is 5.92 Å². The van der Waals surface area contributed by atoms with Crippen LogP contribution in [0, 0.1) is 12.8 Å². The van der Waals surface area contributed by atoms with Crippen LogP contribution in [0.3, 0.4) is 0 Å². The highest BCUT2D eigenvalue weighted by Crippen LogP contribution is 2.27. The van der Waals surface area contributed by atoms with Gasteiger partial charge in [0, 0.05) is 28.2 Å². The number of carbonyl (C=O) groups excluding carboxylic acids is 2. The molecule has 2 heterocycles. The Kier molecular flexibility index (Phi) is 5.48. The first kappa shape index (κ1) is 19.7. The summed E-state index contributed by atoms with van der Waals surface area (Å²) in [6.07, 6.45) is 4.15. The number of nitrogens with one attached hydrogen (secondary N) is 2. The van der Waals surface area contributed by atoms with E-state index < -0.39 is 0 Å². The number of rotatable bonds is 4. The quantitative estimate of drug-likeness (QED) is 0.560. The molecule has 29 heavy (non-hydrogen) atoms. The zero-order chi connectivity index (χ0) is 20.5. The molecular formula is C21H20Cl2N4O2. The summed E-state index contributed by atoms with van der Waals surface area (Å²) in [6.45, 7) is 1.89. The molecule has 6 nitrogen and oxygen atoms in total. The third-order valence-electron chi connectivity index (χ3n) is 5.22. The molecule has 0 aliphatic heterocycles. The number of amides is 2. The van der Waals surface area contributed by atoms with E-state index in [9.17, 15) is 9.59 Å². The Morgan fingerprint density at radius 1 is 1.07 bits per heavy atom. The summed E-state index contributed by atoms with van der Waals surface area (Å²) in [5.74, 6) is -0.163. The van der Waals surface area contributed by atoms with Gasteiger partial charge < -0.3 is 5.32 Å². The van der Waals surface area contributed by atoms with Crippen molar-refractivity contribution in [2.45, 2.75) is 32.6 Å². The van der Waals surface area contributed by atoms with Gasteiger partial charge in [-0.05, 0) is 56.2 Å². The van der Waals surface area contributed by atoms with Gasteiger partial charge in [0.15, 0.2) is 0 Å². The Morgan fingerprint density at radius 2 is 1.76 bits per heavy atom.